The first-order chi connectivity index (χ1) is 25.5. The highest BCUT2D eigenvalue weighted by Gasteiger charge is 2.60. The molecule has 11 nitrogen and oxygen atoms in total. The molecule has 0 radical (unpaired) electrons. The van der Waals surface area contributed by atoms with Crippen LogP contribution in [0.4, 0.5) is 33.5 Å². The molecule has 17 heteroatoms. The van der Waals surface area contributed by atoms with Crippen LogP contribution in [-0.4, -0.2) is 81.3 Å². The lowest BCUT2D eigenvalue weighted by atomic mass is 9.89. The van der Waals surface area contributed by atoms with Crippen LogP contribution < -0.4 is 15.4 Å². The third kappa shape index (κ3) is 7.36. The maximum Gasteiger partial charge on any atom is 0.418 e. The Bertz CT molecular complexity index is 1960. The minimum Gasteiger partial charge on any atom is -0.461 e. The summed E-state index contributed by atoms with van der Waals surface area (Å²) < 4.78 is 77.8. The SMILES string of the molecule is C=C(F)F.Cc1c(C(=O)N(C)C)nn2c1CN(c1nc(OCC34CCCN3CC3(CC3)C4)nc3c1COC(c1cc(N)cc(Cl)c1C(F)(F)F)C3)CCC2. The summed E-state index contributed by atoms with van der Waals surface area (Å²) >= 11 is 6.13. The Morgan fingerprint density at radius 2 is 1.89 bits per heavy atom. The summed E-state index contributed by atoms with van der Waals surface area (Å²) in [6.07, 6.45) is -0.943. The number of anilines is 2. The zero-order valence-electron chi connectivity index (χ0n) is 30.5. The van der Waals surface area contributed by atoms with E-state index in [9.17, 15) is 26.7 Å². The van der Waals surface area contributed by atoms with Crippen molar-refractivity contribution in [2.24, 2.45) is 5.41 Å². The van der Waals surface area contributed by atoms with Crippen molar-refractivity contribution in [3.05, 3.63) is 69.2 Å². The summed E-state index contributed by atoms with van der Waals surface area (Å²) in [4.78, 5) is 29.0. The number of amides is 1. The number of hydrogen-bond acceptors (Lipinski definition) is 9. The number of fused-ring (bicyclic) bond motifs is 3. The van der Waals surface area contributed by atoms with E-state index in [0.717, 1.165) is 56.1 Å². The van der Waals surface area contributed by atoms with E-state index in [-0.39, 0.29) is 41.7 Å². The van der Waals surface area contributed by atoms with E-state index in [0.29, 0.717) is 54.4 Å². The quantitative estimate of drug-likeness (QED) is 0.210. The number of nitrogen functional groups attached to an aromatic ring is 1. The molecule has 4 aliphatic heterocycles. The minimum atomic E-state index is -4.71. The summed E-state index contributed by atoms with van der Waals surface area (Å²) in [7, 11) is 3.41. The number of nitrogens with two attached hydrogens (primary N) is 1. The largest absolute Gasteiger partial charge is 0.461 e. The number of benzene rings is 1. The van der Waals surface area contributed by atoms with Crippen molar-refractivity contribution in [3.63, 3.8) is 0 Å². The maximum atomic E-state index is 14.3. The third-order valence-corrected chi connectivity index (χ3v) is 11.7. The van der Waals surface area contributed by atoms with Gasteiger partial charge < -0.3 is 25.0 Å². The fraction of sp³-hybridized carbons (Fsp3) is 0.568. The number of aromatic nitrogens is 4. The van der Waals surface area contributed by atoms with Crippen molar-refractivity contribution in [2.45, 2.75) is 89.4 Å². The Morgan fingerprint density at radius 3 is 2.57 bits per heavy atom. The predicted molar refractivity (Wildman–Crippen MR) is 191 cm³/mol. The van der Waals surface area contributed by atoms with Gasteiger partial charge in [0.2, 0.25) is 0 Å². The lowest BCUT2D eigenvalue weighted by molar-refractivity contribution is -0.139. The molecule has 1 amide bonds. The lowest BCUT2D eigenvalue weighted by Gasteiger charge is -2.33. The molecule has 3 fully saturated rings. The highest BCUT2D eigenvalue weighted by Crippen LogP contribution is 2.60. The van der Waals surface area contributed by atoms with Crippen LogP contribution in [0, 0.1) is 12.3 Å². The van der Waals surface area contributed by atoms with Crippen molar-refractivity contribution >= 4 is 29.0 Å². The number of hydrogen-bond donors (Lipinski definition) is 1. The Kier molecular flexibility index (Phi) is 10.1. The molecular formula is C37H44ClF5N8O3. The van der Waals surface area contributed by atoms with E-state index < -0.39 is 28.9 Å². The Labute approximate surface area is 315 Å². The van der Waals surface area contributed by atoms with Crippen molar-refractivity contribution < 1.29 is 36.2 Å². The molecule has 2 aromatic heterocycles. The third-order valence-electron chi connectivity index (χ3n) is 11.4. The molecule has 2 unspecified atom stereocenters. The van der Waals surface area contributed by atoms with Gasteiger partial charge in [-0.3, -0.25) is 14.4 Å². The van der Waals surface area contributed by atoms with E-state index in [1.165, 1.54) is 23.8 Å². The van der Waals surface area contributed by atoms with Gasteiger partial charge in [0.05, 0.1) is 46.8 Å². The molecule has 2 N–H and O–H groups in total. The number of aryl methyl sites for hydroxylation is 1. The molecule has 1 aromatic carbocycles. The van der Waals surface area contributed by atoms with Crippen molar-refractivity contribution in [1.82, 2.24) is 29.5 Å². The van der Waals surface area contributed by atoms with Crippen LogP contribution in [0.2, 0.25) is 5.02 Å². The summed E-state index contributed by atoms with van der Waals surface area (Å²) in [6, 6.07) is 2.61. The second-order valence-electron chi connectivity index (χ2n) is 15.4. The average molecular weight is 779 g/mol. The van der Waals surface area contributed by atoms with E-state index in [4.69, 9.17) is 36.8 Å². The van der Waals surface area contributed by atoms with Gasteiger partial charge in [-0.25, -0.2) is 0 Å². The van der Waals surface area contributed by atoms with Gasteiger partial charge in [0.15, 0.2) is 5.69 Å². The van der Waals surface area contributed by atoms with E-state index in [2.05, 4.69) is 21.5 Å². The molecule has 54 heavy (non-hydrogen) atoms. The van der Waals surface area contributed by atoms with Gasteiger partial charge in [-0.2, -0.15) is 37.0 Å². The molecule has 3 aromatic rings. The van der Waals surface area contributed by atoms with Gasteiger partial charge in [-0.15, -0.1) is 0 Å². The van der Waals surface area contributed by atoms with E-state index in [1.807, 2.05) is 11.6 Å². The monoisotopic (exact) mass is 778 g/mol. The van der Waals surface area contributed by atoms with E-state index >= 15 is 0 Å². The number of alkyl halides is 3. The fourth-order valence-electron chi connectivity index (χ4n) is 8.72. The standard InChI is InChI=1S/C35H42ClF3N8O3.C2H2F2/c1-20-26-15-45(9-5-11-47(26)43-29(20)31(48)44(2)3)30-23-16-49-27(22-12-21(40)13-24(36)28(22)35(37,38)39)14-25(23)41-32(42-30)50-19-34-6-4-10-46(34)18-33(17-34)7-8-33;1-2(3)4/h12-13,27H,4-11,14-19,40H2,1-3H3;1H2. The highest BCUT2D eigenvalue weighted by atomic mass is 35.5. The molecule has 8 rings (SSSR count). The summed E-state index contributed by atoms with van der Waals surface area (Å²) in [6.45, 7) is 8.42. The molecule has 6 heterocycles. The number of nitrogens with zero attached hydrogens (tertiary/aromatic N) is 7. The minimum absolute atomic E-state index is 0.0152. The van der Waals surface area contributed by atoms with Gasteiger partial charge in [-0.05, 0) is 81.7 Å². The van der Waals surface area contributed by atoms with Crippen LogP contribution in [0.5, 0.6) is 6.01 Å². The highest BCUT2D eigenvalue weighted by molar-refractivity contribution is 6.31. The van der Waals surface area contributed by atoms with Gasteiger partial charge in [0.1, 0.15) is 12.4 Å². The normalized spacial score (nSPS) is 22.8. The Morgan fingerprint density at radius 1 is 1.15 bits per heavy atom. The van der Waals surface area contributed by atoms with Crippen LogP contribution in [0.1, 0.15) is 88.8 Å². The summed E-state index contributed by atoms with van der Waals surface area (Å²) in [5.74, 6) is 0.453. The second kappa shape index (κ2) is 14.2. The van der Waals surface area contributed by atoms with Crippen LogP contribution in [-0.2, 0) is 37.0 Å². The zero-order chi connectivity index (χ0) is 38.7. The number of carbonyl (C=O) groups excluding carboxylic acids is 1. The molecule has 2 atom stereocenters. The maximum absolute atomic E-state index is 14.3. The Hall–Kier alpha value is -4.02. The summed E-state index contributed by atoms with van der Waals surface area (Å²) in [5.41, 5.74) is 8.78. The first-order valence-corrected chi connectivity index (χ1v) is 18.5. The molecule has 1 spiro atoms. The predicted octanol–water partition coefficient (Wildman–Crippen LogP) is 6.96. The lowest BCUT2D eigenvalue weighted by Crippen LogP contribution is -2.43. The average Bonchev–Trinajstić information content (AvgIpc) is 3.58. The van der Waals surface area contributed by atoms with Gasteiger partial charge in [0.25, 0.3) is 12.0 Å². The first kappa shape index (κ1) is 38.3. The van der Waals surface area contributed by atoms with Crippen LogP contribution >= 0.6 is 11.6 Å². The second-order valence-corrected chi connectivity index (χ2v) is 15.8. The first-order valence-electron chi connectivity index (χ1n) is 18.1. The Balaban J connectivity index is 0.00000107. The van der Waals surface area contributed by atoms with Crippen molar-refractivity contribution in [1.29, 1.82) is 0 Å². The van der Waals surface area contributed by atoms with Crippen LogP contribution in [0.3, 0.4) is 0 Å². The van der Waals surface area contributed by atoms with Crippen LogP contribution in [0.25, 0.3) is 0 Å². The molecule has 1 aliphatic carbocycles. The fourth-order valence-corrected chi connectivity index (χ4v) is 9.06. The van der Waals surface area contributed by atoms with Crippen molar-refractivity contribution in [2.75, 3.05) is 51.0 Å². The molecule has 2 saturated heterocycles. The number of rotatable bonds is 6. The van der Waals surface area contributed by atoms with Gasteiger partial charge in [-0.1, -0.05) is 11.6 Å². The summed E-state index contributed by atoms with van der Waals surface area (Å²) in [5, 5.41) is 4.20. The van der Waals surface area contributed by atoms with Crippen molar-refractivity contribution in [3.8, 4) is 6.01 Å². The molecule has 1 saturated carbocycles. The van der Waals surface area contributed by atoms with Crippen LogP contribution in [0.15, 0.2) is 24.8 Å². The molecule has 292 valence electrons. The molecular weight excluding hydrogens is 735 g/mol. The smallest absolute Gasteiger partial charge is 0.418 e. The van der Waals surface area contributed by atoms with Gasteiger partial charge >= 0.3 is 12.2 Å². The zero-order valence-corrected chi connectivity index (χ0v) is 31.3. The van der Waals surface area contributed by atoms with E-state index in [1.54, 1.807) is 14.1 Å². The number of halogens is 6. The number of ether oxygens (including phenoxy) is 2. The number of carbonyl (C=O) groups is 1. The molecule has 0 bridgehead atoms. The molecule has 5 aliphatic rings. The van der Waals surface area contributed by atoms with Gasteiger partial charge in [0, 0.05) is 57.0 Å². The topological polar surface area (TPSA) is 115 Å².